The Morgan fingerprint density at radius 3 is 2.37 bits per heavy atom. The average molecular weight is 492 g/mol. The van der Waals surface area contributed by atoms with E-state index in [4.69, 9.17) is 4.74 Å². The highest BCUT2D eigenvalue weighted by Gasteiger charge is 2.30. The van der Waals surface area contributed by atoms with Crippen LogP contribution in [0.4, 0.5) is 9.80 Å². The molecule has 0 fully saturated rings. The molecule has 3 aromatic rings. The molecule has 0 spiro atoms. The first-order valence-electron chi connectivity index (χ1n) is 11.1. The number of nitrogens with zero attached hydrogens (tertiary/aromatic N) is 1. The number of carbonyl (C=O) groups is 3. The Balaban J connectivity index is 1.44. The van der Waals surface area contributed by atoms with Crippen molar-refractivity contribution in [1.82, 2.24) is 9.69 Å². The molecule has 0 aliphatic heterocycles. The van der Waals surface area contributed by atoms with E-state index in [1.165, 1.54) is 0 Å². The van der Waals surface area contributed by atoms with Gasteiger partial charge < -0.3 is 20.5 Å². The number of carbonyl (C=O) groups excluding carboxylic acids is 2. The molecule has 8 nitrogen and oxygen atoms in total. The number of aryl methyl sites for hydroxylation is 1. The van der Waals surface area contributed by atoms with Gasteiger partial charge in [0, 0.05) is 5.92 Å². The minimum atomic E-state index is -1.18. The van der Waals surface area contributed by atoms with Crippen LogP contribution in [-0.2, 0) is 9.53 Å². The molecule has 4 rings (SSSR count). The second-order valence-corrected chi connectivity index (χ2v) is 8.93. The number of alkyl carbamates (subject to hydrolysis) is 1. The fraction of sp³-hybridized carbons (Fsp3) is 0.231. The molecule has 0 radical (unpaired) electrons. The lowest BCUT2D eigenvalue weighted by Crippen LogP contribution is -2.44. The van der Waals surface area contributed by atoms with Crippen LogP contribution in [0.15, 0.2) is 61.2 Å². The third kappa shape index (κ3) is 5.09. The van der Waals surface area contributed by atoms with Crippen LogP contribution in [0.25, 0.3) is 11.1 Å². The minimum absolute atomic E-state index is 0.0630. The van der Waals surface area contributed by atoms with Gasteiger partial charge in [0.25, 0.3) is 0 Å². The van der Waals surface area contributed by atoms with Crippen LogP contribution in [0.1, 0.15) is 45.9 Å². The number of nitrogens with one attached hydrogen (secondary N) is 2. The summed E-state index contributed by atoms with van der Waals surface area (Å²) in [6.45, 7) is 5.34. The van der Waals surface area contributed by atoms with Crippen molar-refractivity contribution in [3.05, 3.63) is 83.6 Å². The second kappa shape index (κ2) is 10.5. The van der Waals surface area contributed by atoms with E-state index in [0.29, 0.717) is 12.1 Å². The molecule has 180 valence electrons. The second-order valence-electron chi connectivity index (χ2n) is 8.16. The maximum atomic E-state index is 12.9. The molecular weight excluding hydrogens is 466 g/mol. The standard InChI is InChI=1S/C26H25N3O5S/c1-3-4-13-21(23(30)28-24-22(25(31)32)15(2)29-35-24)27-26(33)34-14-20-18-11-7-5-9-16(18)17-10-6-8-12-19(17)20/h3,5-12,20-21H,1,4,13-14H2,2H3,(H,27,33)(H,28,30)(H,31,32). The summed E-state index contributed by atoms with van der Waals surface area (Å²) in [5.41, 5.74) is 4.66. The van der Waals surface area contributed by atoms with Crippen molar-refractivity contribution >= 4 is 34.5 Å². The Morgan fingerprint density at radius 1 is 1.14 bits per heavy atom. The Labute approximate surface area is 206 Å². The van der Waals surface area contributed by atoms with Crippen molar-refractivity contribution < 1.29 is 24.2 Å². The molecule has 3 N–H and O–H groups in total. The van der Waals surface area contributed by atoms with Crippen LogP contribution in [-0.4, -0.2) is 40.1 Å². The summed E-state index contributed by atoms with van der Waals surface area (Å²) < 4.78 is 9.56. The third-order valence-electron chi connectivity index (χ3n) is 5.93. The molecule has 0 saturated carbocycles. The van der Waals surface area contributed by atoms with Gasteiger partial charge in [0.05, 0.1) is 5.69 Å². The maximum absolute atomic E-state index is 12.9. The number of rotatable bonds is 9. The zero-order chi connectivity index (χ0) is 24.9. The molecule has 1 atom stereocenters. The Hall–Kier alpha value is -3.98. The van der Waals surface area contributed by atoms with Crippen molar-refractivity contribution in [3.63, 3.8) is 0 Å². The molecule has 1 aromatic heterocycles. The number of aromatic nitrogens is 1. The smallest absolute Gasteiger partial charge is 0.407 e. The van der Waals surface area contributed by atoms with Crippen molar-refractivity contribution in [1.29, 1.82) is 0 Å². The molecule has 1 unspecified atom stereocenters. The molecular formula is C26H25N3O5S. The predicted octanol–water partition coefficient (Wildman–Crippen LogP) is 4.96. The highest BCUT2D eigenvalue weighted by atomic mass is 32.1. The summed E-state index contributed by atoms with van der Waals surface area (Å²) in [5, 5.41) is 14.7. The molecule has 1 aliphatic rings. The van der Waals surface area contributed by atoms with Crippen LogP contribution < -0.4 is 10.6 Å². The van der Waals surface area contributed by atoms with Crippen LogP contribution in [0.2, 0.25) is 0 Å². The predicted molar refractivity (Wildman–Crippen MR) is 134 cm³/mol. The van der Waals surface area contributed by atoms with Gasteiger partial charge >= 0.3 is 12.1 Å². The first kappa shape index (κ1) is 24.2. The fourth-order valence-electron chi connectivity index (χ4n) is 4.24. The van der Waals surface area contributed by atoms with E-state index < -0.39 is 24.0 Å². The van der Waals surface area contributed by atoms with Gasteiger partial charge in [0.1, 0.15) is 23.2 Å². The zero-order valence-electron chi connectivity index (χ0n) is 19.1. The minimum Gasteiger partial charge on any atom is -0.478 e. The van der Waals surface area contributed by atoms with E-state index in [2.05, 4.69) is 33.7 Å². The lowest BCUT2D eigenvalue weighted by atomic mass is 9.98. The number of ether oxygens (including phenoxy) is 1. The summed E-state index contributed by atoms with van der Waals surface area (Å²) >= 11 is 0.880. The van der Waals surface area contributed by atoms with Crippen molar-refractivity contribution in [2.75, 3.05) is 11.9 Å². The SMILES string of the molecule is C=CCCC(NC(=O)OCC1c2ccccc2-c2ccccc21)C(=O)Nc1snc(C)c1C(=O)O. The van der Waals surface area contributed by atoms with Gasteiger partial charge in [-0.2, -0.15) is 4.37 Å². The van der Waals surface area contributed by atoms with Crippen molar-refractivity contribution in [2.45, 2.75) is 31.7 Å². The number of fused-ring (bicyclic) bond motifs is 3. The van der Waals surface area contributed by atoms with Gasteiger partial charge in [-0.25, -0.2) is 9.59 Å². The number of benzene rings is 2. The lowest BCUT2D eigenvalue weighted by molar-refractivity contribution is -0.118. The molecule has 2 aromatic carbocycles. The molecule has 0 saturated heterocycles. The highest BCUT2D eigenvalue weighted by molar-refractivity contribution is 7.11. The molecule has 9 heteroatoms. The van der Waals surface area contributed by atoms with Gasteiger partial charge in [-0.1, -0.05) is 54.6 Å². The first-order chi connectivity index (χ1) is 16.9. The third-order valence-corrected chi connectivity index (χ3v) is 6.78. The van der Waals surface area contributed by atoms with Gasteiger partial charge in [-0.05, 0) is 53.6 Å². The van der Waals surface area contributed by atoms with E-state index in [1.807, 2.05) is 36.4 Å². The van der Waals surface area contributed by atoms with E-state index in [-0.39, 0.29) is 29.5 Å². The van der Waals surface area contributed by atoms with E-state index in [1.54, 1.807) is 13.0 Å². The summed E-state index contributed by atoms with van der Waals surface area (Å²) in [7, 11) is 0. The van der Waals surface area contributed by atoms with E-state index in [0.717, 1.165) is 33.8 Å². The number of carboxylic acids is 1. The quantitative estimate of drug-likeness (QED) is 0.364. The largest absolute Gasteiger partial charge is 0.478 e. The topological polar surface area (TPSA) is 118 Å². The number of allylic oxidation sites excluding steroid dienone is 1. The van der Waals surface area contributed by atoms with Gasteiger partial charge in [0.15, 0.2) is 0 Å². The number of hydrogen-bond donors (Lipinski definition) is 3. The number of amides is 2. The van der Waals surface area contributed by atoms with Gasteiger partial charge in [-0.3, -0.25) is 4.79 Å². The van der Waals surface area contributed by atoms with Crippen LogP contribution in [0.5, 0.6) is 0 Å². The monoisotopic (exact) mass is 491 g/mol. The van der Waals surface area contributed by atoms with Crippen LogP contribution in [0.3, 0.4) is 0 Å². The Kier molecular flexibility index (Phi) is 7.26. The fourth-order valence-corrected chi connectivity index (χ4v) is 5.03. The van der Waals surface area contributed by atoms with E-state index >= 15 is 0 Å². The van der Waals surface area contributed by atoms with Crippen LogP contribution in [0, 0.1) is 6.92 Å². The number of hydrogen-bond acceptors (Lipinski definition) is 6. The Morgan fingerprint density at radius 2 is 1.77 bits per heavy atom. The highest BCUT2D eigenvalue weighted by Crippen LogP contribution is 2.44. The summed E-state index contributed by atoms with van der Waals surface area (Å²) in [6.07, 6.45) is 1.66. The number of anilines is 1. The Bertz CT molecular complexity index is 1240. The molecule has 1 heterocycles. The van der Waals surface area contributed by atoms with Gasteiger partial charge in [0.2, 0.25) is 5.91 Å². The van der Waals surface area contributed by atoms with Gasteiger partial charge in [-0.15, -0.1) is 6.58 Å². The summed E-state index contributed by atoms with van der Waals surface area (Å²) in [5.74, 6) is -1.84. The normalized spacial score (nSPS) is 12.8. The summed E-state index contributed by atoms with van der Waals surface area (Å²) in [6, 6.07) is 15.1. The number of aromatic carboxylic acids is 1. The van der Waals surface area contributed by atoms with Crippen molar-refractivity contribution in [2.24, 2.45) is 0 Å². The molecule has 35 heavy (non-hydrogen) atoms. The molecule has 1 aliphatic carbocycles. The van der Waals surface area contributed by atoms with Crippen molar-refractivity contribution in [3.8, 4) is 11.1 Å². The van der Waals surface area contributed by atoms with E-state index in [9.17, 15) is 19.5 Å². The lowest BCUT2D eigenvalue weighted by Gasteiger charge is -2.19. The first-order valence-corrected chi connectivity index (χ1v) is 11.9. The molecule has 0 bridgehead atoms. The number of carboxylic acid groups (broad SMARTS) is 1. The maximum Gasteiger partial charge on any atom is 0.407 e. The molecule has 2 amide bonds. The average Bonchev–Trinajstić information content (AvgIpc) is 3.37. The van der Waals surface area contributed by atoms with Crippen LogP contribution >= 0.6 is 11.5 Å². The summed E-state index contributed by atoms with van der Waals surface area (Å²) in [4.78, 5) is 37.1. The zero-order valence-corrected chi connectivity index (χ0v) is 19.9.